The Morgan fingerprint density at radius 3 is 1.53 bits per heavy atom. The number of hydrogen-bond donors (Lipinski definition) is 1. The average molecular weight is 517 g/mol. The molecule has 0 bridgehead atoms. The van der Waals surface area contributed by atoms with Gasteiger partial charge in [-0.05, 0) is 21.7 Å². The van der Waals surface area contributed by atoms with Gasteiger partial charge in [0.1, 0.15) is 11.4 Å². The van der Waals surface area contributed by atoms with Gasteiger partial charge in [-0.15, -0.1) is 11.8 Å². The summed E-state index contributed by atoms with van der Waals surface area (Å²) in [4.78, 5) is 25.8. The molecule has 6 heteroatoms. The zero-order valence-corrected chi connectivity index (χ0v) is 23.8. The molecule has 1 N–H and O–H groups in total. The van der Waals surface area contributed by atoms with Gasteiger partial charge in [0.2, 0.25) is 11.8 Å². The topological polar surface area (TPSA) is 49.4 Å². The van der Waals surface area contributed by atoms with Crippen LogP contribution >= 0.6 is 11.8 Å². The van der Waals surface area contributed by atoms with Crippen molar-refractivity contribution in [2.24, 2.45) is 0 Å². The van der Waals surface area contributed by atoms with Gasteiger partial charge >= 0.3 is 0 Å². The molecule has 4 nitrogen and oxygen atoms in total. The van der Waals surface area contributed by atoms with Gasteiger partial charge in [-0.1, -0.05) is 125 Å². The molecule has 1 fully saturated rings. The van der Waals surface area contributed by atoms with Crippen LogP contribution in [0.1, 0.15) is 44.4 Å². The highest BCUT2D eigenvalue weighted by Crippen LogP contribution is 2.55. The van der Waals surface area contributed by atoms with E-state index in [-0.39, 0.29) is 22.2 Å². The highest BCUT2D eigenvalue weighted by molar-refractivity contribution is 8.01. The van der Waals surface area contributed by atoms with Gasteiger partial charge < -0.3 is 9.88 Å². The Hall–Kier alpha value is -2.83. The van der Waals surface area contributed by atoms with Gasteiger partial charge in [-0.25, -0.2) is 0 Å². The molecule has 1 saturated heterocycles. The first-order chi connectivity index (χ1) is 17.0. The standard InChI is InChI=1S/C30H36N2O2SSi/c1-22(33)31-26-27(34)32(36(5,6)29(2,3)4)28(26)35-30(23-16-10-7-11-17-23,24-18-12-8-13-19-24)25-20-14-9-15-21-25/h7-21,26,28H,1-6H3,(H,31,33)/t26-,28-/m1/s1. The lowest BCUT2D eigenvalue weighted by Crippen LogP contribution is -2.78. The predicted octanol–water partition coefficient (Wildman–Crippen LogP) is 6.39. The van der Waals surface area contributed by atoms with E-state index in [9.17, 15) is 9.59 Å². The van der Waals surface area contributed by atoms with Gasteiger partial charge in [0, 0.05) is 6.92 Å². The third-order valence-electron chi connectivity index (χ3n) is 7.68. The molecule has 1 heterocycles. The molecule has 4 rings (SSSR count). The smallest absolute Gasteiger partial charge is 0.241 e. The molecule has 2 amide bonds. The van der Waals surface area contributed by atoms with Gasteiger partial charge in [-0.3, -0.25) is 9.59 Å². The number of rotatable bonds is 7. The van der Waals surface area contributed by atoms with Crippen LogP contribution in [0.25, 0.3) is 0 Å². The van der Waals surface area contributed by atoms with E-state index in [0.29, 0.717) is 0 Å². The fraction of sp³-hybridized carbons (Fsp3) is 0.333. The van der Waals surface area contributed by atoms with Crippen molar-refractivity contribution < 1.29 is 9.59 Å². The molecule has 0 unspecified atom stereocenters. The quantitative estimate of drug-likeness (QED) is 0.225. The molecule has 188 valence electrons. The number of carbonyl (C=O) groups excluding carboxylic acids is 2. The summed E-state index contributed by atoms with van der Waals surface area (Å²) in [6.07, 6.45) is 0. The summed E-state index contributed by atoms with van der Waals surface area (Å²) >= 11 is 1.77. The van der Waals surface area contributed by atoms with Gasteiger partial charge in [0.15, 0.2) is 8.24 Å². The maximum Gasteiger partial charge on any atom is 0.241 e. The Bertz CT molecular complexity index is 1110. The molecule has 3 aromatic rings. The maximum absolute atomic E-state index is 13.6. The second kappa shape index (κ2) is 9.90. The number of nitrogens with one attached hydrogen (secondary N) is 1. The summed E-state index contributed by atoms with van der Waals surface area (Å²) in [5.41, 5.74) is 3.43. The van der Waals surface area contributed by atoms with E-state index >= 15 is 0 Å². The summed E-state index contributed by atoms with van der Waals surface area (Å²) < 4.78 is 1.55. The van der Waals surface area contributed by atoms with Crippen LogP contribution in [0, 0.1) is 0 Å². The number of thioether (sulfide) groups is 1. The lowest BCUT2D eigenvalue weighted by atomic mass is 9.84. The zero-order chi connectivity index (χ0) is 26.1. The van der Waals surface area contributed by atoms with Gasteiger partial charge in [-0.2, -0.15) is 0 Å². The van der Waals surface area contributed by atoms with Crippen molar-refractivity contribution in [3.63, 3.8) is 0 Å². The highest BCUT2D eigenvalue weighted by Gasteiger charge is 2.60. The van der Waals surface area contributed by atoms with Crippen LogP contribution in [0.2, 0.25) is 18.1 Å². The third-order valence-corrected chi connectivity index (χ3v) is 15.0. The van der Waals surface area contributed by atoms with E-state index in [1.54, 1.807) is 11.8 Å². The molecule has 2 atom stereocenters. The van der Waals surface area contributed by atoms with Crippen molar-refractivity contribution in [2.45, 2.75) is 62.0 Å². The molecule has 3 aromatic carbocycles. The van der Waals surface area contributed by atoms with Gasteiger partial charge in [0.25, 0.3) is 0 Å². The molecule has 0 spiro atoms. The highest BCUT2D eigenvalue weighted by atomic mass is 32.2. The lowest BCUT2D eigenvalue weighted by Gasteiger charge is -2.59. The molecule has 0 aromatic heterocycles. The molecule has 0 radical (unpaired) electrons. The number of hydrogen-bond acceptors (Lipinski definition) is 3. The molecule has 1 aliphatic heterocycles. The summed E-state index contributed by atoms with van der Waals surface area (Å²) in [6, 6.07) is 30.9. The maximum atomic E-state index is 13.6. The first-order valence-electron chi connectivity index (χ1n) is 12.4. The molecule has 0 saturated carbocycles. The number of carbonyl (C=O) groups is 2. The van der Waals surface area contributed by atoms with E-state index < -0.39 is 19.0 Å². The molecule has 0 aliphatic carbocycles. The number of benzene rings is 3. The van der Waals surface area contributed by atoms with Crippen molar-refractivity contribution in [3.8, 4) is 0 Å². The lowest BCUT2D eigenvalue weighted by molar-refractivity contribution is -0.142. The third kappa shape index (κ3) is 4.53. The first kappa shape index (κ1) is 26.2. The van der Waals surface area contributed by atoms with E-state index in [4.69, 9.17) is 0 Å². The van der Waals surface area contributed by atoms with Gasteiger partial charge in [0.05, 0.1) is 4.75 Å². The molecular weight excluding hydrogens is 480 g/mol. The summed E-state index contributed by atoms with van der Waals surface area (Å²) in [5, 5.41) is 2.75. The van der Waals surface area contributed by atoms with Crippen LogP contribution < -0.4 is 5.32 Å². The van der Waals surface area contributed by atoms with E-state index in [0.717, 1.165) is 16.7 Å². The van der Waals surface area contributed by atoms with Crippen molar-refractivity contribution in [1.29, 1.82) is 0 Å². The molecule has 1 aliphatic rings. The zero-order valence-electron chi connectivity index (χ0n) is 22.0. The Kier molecular flexibility index (Phi) is 7.22. The Labute approximate surface area is 220 Å². The van der Waals surface area contributed by atoms with Crippen molar-refractivity contribution in [2.75, 3.05) is 0 Å². The van der Waals surface area contributed by atoms with E-state index in [1.807, 2.05) is 18.2 Å². The van der Waals surface area contributed by atoms with Crippen LogP contribution in [0.15, 0.2) is 91.0 Å². The summed E-state index contributed by atoms with van der Waals surface area (Å²) in [6.45, 7) is 12.7. The molecular formula is C30H36N2O2SSi. The van der Waals surface area contributed by atoms with E-state index in [1.165, 1.54) is 6.92 Å². The monoisotopic (exact) mass is 516 g/mol. The first-order valence-corrected chi connectivity index (χ1v) is 16.3. The van der Waals surface area contributed by atoms with Crippen LogP contribution in [0.3, 0.4) is 0 Å². The Balaban J connectivity index is 1.95. The summed E-state index contributed by atoms with van der Waals surface area (Å²) in [7, 11) is -2.23. The average Bonchev–Trinajstić information content (AvgIpc) is 2.86. The minimum Gasteiger partial charge on any atom is -0.353 e. The number of nitrogens with zero attached hydrogens (tertiary/aromatic N) is 1. The van der Waals surface area contributed by atoms with Crippen molar-refractivity contribution in [1.82, 2.24) is 9.88 Å². The fourth-order valence-corrected chi connectivity index (χ4v) is 9.65. The normalized spacial score (nSPS) is 18.5. The minimum atomic E-state index is -2.23. The summed E-state index contributed by atoms with van der Waals surface area (Å²) in [5.74, 6) is -0.157. The second-order valence-electron chi connectivity index (χ2n) is 11.0. The van der Waals surface area contributed by atoms with Crippen LogP contribution in [-0.4, -0.2) is 36.0 Å². The van der Waals surface area contributed by atoms with Crippen LogP contribution in [0.5, 0.6) is 0 Å². The fourth-order valence-electron chi connectivity index (χ4n) is 4.80. The largest absolute Gasteiger partial charge is 0.353 e. The molecule has 36 heavy (non-hydrogen) atoms. The Morgan fingerprint density at radius 1 is 0.806 bits per heavy atom. The van der Waals surface area contributed by atoms with Crippen molar-refractivity contribution >= 4 is 31.8 Å². The van der Waals surface area contributed by atoms with Crippen LogP contribution in [0.4, 0.5) is 0 Å². The van der Waals surface area contributed by atoms with Crippen molar-refractivity contribution in [3.05, 3.63) is 108 Å². The number of amides is 2. The van der Waals surface area contributed by atoms with Crippen LogP contribution in [-0.2, 0) is 14.3 Å². The van der Waals surface area contributed by atoms with E-state index in [2.05, 4.69) is 117 Å². The Morgan fingerprint density at radius 2 is 1.19 bits per heavy atom. The SMILES string of the molecule is CC(=O)N[C@@H]1C(=O)N([Si](C)(C)C(C)(C)C)[C@@H]1SC(c1ccccc1)(c1ccccc1)c1ccccc1. The predicted molar refractivity (Wildman–Crippen MR) is 152 cm³/mol. The second-order valence-corrected chi connectivity index (χ2v) is 17.4. The minimum absolute atomic E-state index is 0.0253. The number of β-lactam (4-membered cyclic amide) rings is 1.